The van der Waals surface area contributed by atoms with Crippen molar-refractivity contribution in [2.24, 2.45) is 0 Å². The van der Waals surface area contributed by atoms with E-state index in [2.05, 4.69) is 4.74 Å². The first-order chi connectivity index (χ1) is 13.2. The van der Waals surface area contributed by atoms with E-state index in [1.165, 1.54) is 59.6 Å². The Labute approximate surface area is 184 Å². The van der Waals surface area contributed by atoms with Gasteiger partial charge < -0.3 is 4.74 Å². The number of ether oxygens (including phenoxy) is 1. The fourth-order valence-corrected chi connectivity index (χ4v) is 5.62. The number of carbonyl (C=O) groups is 1. The molecule has 2 rings (SSSR count). The third-order valence-electron chi connectivity index (χ3n) is 3.72. The summed E-state index contributed by atoms with van der Waals surface area (Å²) >= 11 is 19.5. The van der Waals surface area contributed by atoms with Gasteiger partial charge in [0.2, 0.25) is 0 Å². The van der Waals surface area contributed by atoms with Gasteiger partial charge in [0.1, 0.15) is 0 Å². The van der Waals surface area contributed by atoms with E-state index in [4.69, 9.17) is 34.8 Å². The number of carbonyl (C=O) groups excluding carboxylic acids is 1. The number of esters is 1. The molecule has 0 saturated carbocycles. The van der Waals surface area contributed by atoms with Crippen molar-refractivity contribution in [2.75, 3.05) is 22.9 Å². The summed E-state index contributed by atoms with van der Waals surface area (Å²) in [5.41, 5.74) is 0.260. The lowest BCUT2D eigenvalue weighted by atomic mass is 10.3. The minimum Gasteiger partial charge on any atom is -0.468 e. The molecule has 28 heavy (non-hydrogen) atoms. The highest BCUT2D eigenvalue weighted by molar-refractivity contribution is 8.00. The predicted molar refractivity (Wildman–Crippen MR) is 116 cm³/mol. The van der Waals surface area contributed by atoms with Gasteiger partial charge in [-0.25, -0.2) is 8.42 Å². The molecule has 2 aromatic carbocycles. The molecule has 1 atom stereocenters. The Kier molecular flexibility index (Phi) is 8.33. The molecule has 1 unspecified atom stereocenters. The first-order valence-electron chi connectivity index (χ1n) is 8.06. The quantitative estimate of drug-likeness (QED) is 0.488. The van der Waals surface area contributed by atoms with E-state index < -0.39 is 16.1 Å². The van der Waals surface area contributed by atoms with Crippen LogP contribution >= 0.6 is 46.6 Å². The van der Waals surface area contributed by atoms with Crippen molar-refractivity contribution in [2.45, 2.75) is 17.9 Å². The lowest BCUT2D eigenvalue weighted by Gasteiger charge is -2.31. The minimum absolute atomic E-state index is 0.0674. The van der Waals surface area contributed by atoms with Crippen LogP contribution in [0.4, 0.5) is 5.69 Å². The monoisotopic (exact) mass is 481 g/mol. The van der Waals surface area contributed by atoms with Crippen molar-refractivity contribution < 1.29 is 17.9 Å². The van der Waals surface area contributed by atoms with E-state index in [0.29, 0.717) is 15.8 Å². The molecule has 0 N–H and O–H groups in total. The number of thioether (sulfide) groups is 1. The van der Waals surface area contributed by atoms with E-state index in [0.717, 1.165) is 0 Å². The van der Waals surface area contributed by atoms with Crippen LogP contribution < -0.4 is 4.31 Å². The van der Waals surface area contributed by atoms with Crippen molar-refractivity contribution in [1.82, 2.24) is 0 Å². The number of methoxy groups -OCH3 is 1. The smallest absolute Gasteiger partial charge is 0.315 e. The molecule has 0 saturated heterocycles. The van der Waals surface area contributed by atoms with Gasteiger partial charge in [-0.1, -0.05) is 34.8 Å². The summed E-state index contributed by atoms with van der Waals surface area (Å²) in [6, 6.07) is 9.96. The molecular formula is C18H18Cl3NO4S2. The topological polar surface area (TPSA) is 63.7 Å². The summed E-state index contributed by atoms with van der Waals surface area (Å²) in [5.74, 6) is 0.0640. The Morgan fingerprint density at radius 3 is 2.32 bits per heavy atom. The summed E-state index contributed by atoms with van der Waals surface area (Å²) in [7, 11) is -2.66. The molecular weight excluding hydrogens is 465 g/mol. The zero-order valence-electron chi connectivity index (χ0n) is 15.1. The van der Waals surface area contributed by atoms with Gasteiger partial charge in [-0.2, -0.15) is 0 Å². The third-order valence-corrected chi connectivity index (χ3v) is 7.63. The molecule has 5 nitrogen and oxygen atoms in total. The first-order valence-corrected chi connectivity index (χ1v) is 11.8. The first kappa shape index (κ1) is 23.2. The van der Waals surface area contributed by atoms with E-state index >= 15 is 0 Å². The second kappa shape index (κ2) is 10.1. The zero-order valence-corrected chi connectivity index (χ0v) is 19.0. The van der Waals surface area contributed by atoms with Gasteiger partial charge in [0.15, 0.2) is 0 Å². The molecule has 10 heteroatoms. The average molecular weight is 483 g/mol. The van der Waals surface area contributed by atoms with Crippen LogP contribution in [0.5, 0.6) is 0 Å². The van der Waals surface area contributed by atoms with Crippen LogP contribution in [-0.2, 0) is 19.6 Å². The molecule has 0 aliphatic carbocycles. The highest BCUT2D eigenvalue weighted by atomic mass is 35.5. The van der Waals surface area contributed by atoms with E-state index in [9.17, 15) is 13.2 Å². The average Bonchev–Trinajstić information content (AvgIpc) is 2.64. The van der Waals surface area contributed by atoms with Gasteiger partial charge in [0.05, 0.1) is 34.5 Å². The van der Waals surface area contributed by atoms with Crippen molar-refractivity contribution >= 4 is 68.2 Å². The van der Waals surface area contributed by atoms with Crippen molar-refractivity contribution in [3.63, 3.8) is 0 Å². The zero-order chi connectivity index (χ0) is 20.9. The maximum Gasteiger partial charge on any atom is 0.315 e. The number of nitrogens with zero attached hydrogens (tertiary/aromatic N) is 1. The van der Waals surface area contributed by atoms with Crippen LogP contribution in [0.3, 0.4) is 0 Å². The van der Waals surface area contributed by atoms with Gasteiger partial charge in [-0.05, 0) is 49.4 Å². The predicted octanol–water partition coefficient (Wildman–Crippen LogP) is 5.14. The Balaban J connectivity index is 2.45. The van der Waals surface area contributed by atoms with E-state index in [1.54, 1.807) is 13.0 Å². The van der Waals surface area contributed by atoms with Gasteiger partial charge in [-0.3, -0.25) is 9.10 Å². The minimum atomic E-state index is -3.96. The van der Waals surface area contributed by atoms with Crippen LogP contribution in [0.25, 0.3) is 0 Å². The molecule has 0 amide bonds. The maximum absolute atomic E-state index is 13.4. The van der Waals surface area contributed by atoms with Crippen LogP contribution in [0.2, 0.25) is 15.1 Å². The van der Waals surface area contributed by atoms with Gasteiger partial charge in [0, 0.05) is 15.8 Å². The van der Waals surface area contributed by atoms with Crippen molar-refractivity contribution in [1.29, 1.82) is 0 Å². The molecule has 2 aromatic rings. The van der Waals surface area contributed by atoms with Crippen molar-refractivity contribution in [3.8, 4) is 0 Å². The van der Waals surface area contributed by atoms with E-state index in [-0.39, 0.29) is 27.3 Å². The number of anilines is 1. The van der Waals surface area contributed by atoms with Gasteiger partial charge in [0.25, 0.3) is 10.0 Å². The highest BCUT2D eigenvalue weighted by Crippen LogP contribution is 2.35. The number of rotatable bonds is 8. The van der Waals surface area contributed by atoms with Gasteiger partial charge >= 0.3 is 5.97 Å². The molecule has 0 bridgehead atoms. The Bertz CT molecular complexity index is 936. The Hall–Kier alpha value is -1.12. The number of sulfonamides is 1. The molecule has 0 aliphatic heterocycles. The lowest BCUT2D eigenvalue weighted by Crippen LogP contribution is -2.40. The molecule has 0 aliphatic rings. The second-order valence-corrected chi connectivity index (χ2v) is 9.92. The number of hydrogen-bond acceptors (Lipinski definition) is 5. The molecule has 0 radical (unpaired) electrons. The Morgan fingerprint density at radius 2 is 1.71 bits per heavy atom. The standard InChI is InChI=1S/C18H18Cl3NO4S2/c1-12(10-27-11-18(23)26-2)22(17-9-14(20)5-8-16(17)21)28(24,25)15-6-3-13(19)4-7-15/h3-9,12H,10-11H2,1-2H3. The summed E-state index contributed by atoms with van der Waals surface area (Å²) in [5, 5.41) is 1.02. The number of hydrogen-bond donors (Lipinski definition) is 0. The maximum atomic E-state index is 13.4. The van der Waals surface area contributed by atoms with Gasteiger partial charge in [-0.15, -0.1) is 11.8 Å². The fourth-order valence-electron chi connectivity index (χ4n) is 2.42. The van der Waals surface area contributed by atoms with E-state index in [1.807, 2.05) is 0 Å². The molecule has 0 fully saturated rings. The summed E-state index contributed by atoms with van der Waals surface area (Å²) < 4.78 is 32.6. The molecule has 0 heterocycles. The highest BCUT2D eigenvalue weighted by Gasteiger charge is 2.31. The van der Waals surface area contributed by atoms with Crippen molar-refractivity contribution in [3.05, 3.63) is 57.5 Å². The van der Waals surface area contributed by atoms with Crippen LogP contribution in [0, 0.1) is 0 Å². The summed E-state index contributed by atoms with van der Waals surface area (Å²) in [6.07, 6.45) is 0. The van der Waals surface area contributed by atoms with Crippen LogP contribution in [-0.4, -0.2) is 39.0 Å². The van der Waals surface area contributed by atoms with Crippen LogP contribution in [0.1, 0.15) is 6.92 Å². The SMILES string of the molecule is COC(=O)CSCC(C)N(c1cc(Cl)ccc1Cl)S(=O)(=O)c1ccc(Cl)cc1. The second-order valence-electron chi connectivity index (χ2n) is 5.79. The fraction of sp³-hybridized carbons (Fsp3) is 0.278. The molecule has 152 valence electrons. The largest absolute Gasteiger partial charge is 0.468 e. The lowest BCUT2D eigenvalue weighted by molar-refractivity contribution is -0.137. The molecule has 0 aromatic heterocycles. The third kappa shape index (κ3) is 5.70. The molecule has 0 spiro atoms. The number of benzene rings is 2. The number of halogens is 3. The summed E-state index contributed by atoms with van der Waals surface area (Å²) in [6.45, 7) is 1.73. The summed E-state index contributed by atoms with van der Waals surface area (Å²) in [4.78, 5) is 11.4. The Morgan fingerprint density at radius 1 is 1.11 bits per heavy atom. The normalized spacial score (nSPS) is 12.5. The van der Waals surface area contributed by atoms with Crippen LogP contribution in [0.15, 0.2) is 47.4 Å².